The highest BCUT2D eigenvalue weighted by molar-refractivity contribution is 5.46. The average Bonchev–Trinajstić information content (AvgIpc) is 3.54. The largest absolute Gasteiger partial charge is 0.384 e. The molecule has 0 saturated heterocycles. The van der Waals surface area contributed by atoms with Crippen LogP contribution in [0.1, 0.15) is 28.6 Å². The third kappa shape index (κ3) is 4.44. The third-order valence-corrected chi connectivity index (χ3v) is 5.53. The Balaban J connectivity index is 0.000000190. The molecule has 5 heterocycles. The minimum Gasteiger partial charge on any atom is -0.384 e. The molecule has 1 aromatic carbocycles. The maximum atomic E-state index is 12.8. The van der Waals surface area contributed by atoms with Crippen LogP contribution in [0.15, 0.2) is 79.6 Å². The lowest BCUT2D eigenvalue weighted by Gasteiger charge is -2.26. The third-order valence-electron chi connectivity index (χ3n) is 5.53. The first-order valence-corrected chi connectivity index (χ1v) is 10.6. The van der Waals surface area contributed by atoms with E-state index in [0.717, 1.165) is 36.5 Å². The van der Waals surface area contributed by atoms with E-state index in [4.69, 9.17) is 0 Å². The van der Waals surface area contributed by atoms with Gasteiger partial charge in [-0.05, 0) is 23.8 Å². The van der Waals surface area contributed by atoms with Gasteiger partial charge in [0.15, 0.2) is 0 Å². The summed E-state index contributed by atoms with van der Waals surface area (Å²) in [5.74, 6) is 0.439. The molecule has 0 fully saturated rings. The van der Waals surface area contributed by atoms with Crippen LogP contribution in [0, 0.1) is 5.82 Å². The molecule has 0 radical (unpaired) electrons. The Morgan fingerprint density at radius 1 is 0.970 bits per heavy atom. The van der Waals surface area contributed by atoms with Gasteiger partial charge < -0.3 is 15.0 Å². The summed E-state index contributed by atoms with van der Waals surface area (Å²) in [5.41, 5.74) is 4.29. The number of imidazole rings is 1. The highest BCUT2D eigenvalue weighted by atomic mass is 19.1. The van der Waals surface area contributed by atoms with E-state index in [1.54, 1.807) is 43.2 Å². The summed E-state index contributed by atoms with van der Waals surface area (Å²) in [6.45, 7) is 1.58. The molecular formula is C24H22FN7O. The summed E-state index contributed by atoms with van der Waals surface area (Å²) in [6, 6.07) is 14.2. The first-order chi connectivity index (χ1) is 16.2. The first-order valence-electron chi connectivity index (χ1n) is 10.6. The molecule has 1 aliphatic heterocycles. The van der Waals surface area contributed by atoms with Crippen LogP contribution >= 0.6 is 0 Å². The van der Waals surface area contributed by atoms with Gasteiger partial charge >= 0.3 is 0 Å². The smallest absolute Gasteiger partial charge is 0.225 e. The van der Waals surface area contributed by atoms with Gasteiger partial charge in [-0.1, -0.05) is 30.3 Å². The van der Waals surface area contributed by atoms with Gasteiger partial charge in [-0.2, -0.15) is 5.10 Å². The predicted octanol–water partition coefficient (Wildman–Crippen LogP) is 3.32. The fraction of sp³-hybridized carbons (Fsp3) is 0.167. The van der Waals surface area contributed by atoms with Gasteiger partial charge in [-0.25, -0.2) is 23.9 Å². The molecule has 2 N–H and O–H groups in total. The van der Waals surface area contributed by atoms with Gasteiger partial charge in [0.05, 0.1) is 30.5 Å². The summed E-state index contributed by atoms with van der Waals surface area (Å²) >= 11 is 0. The van der Waals surface area contributed by atoms with Gasteiger partial charge in [0.25, 0.3) is 0 Å². The molecule has 33 heavy (non-hydrogen) atoms. The van der Waals surface area contributed by atoms with E-state index in [1.165, 1.54) is 10.6 Å². The van der Waals surface area contributed by atoms with E-state index in [9.17, 15) is 9.50 Å². The maximum Gasteiger partial charge on any atom is 0.225 e. The summed E-state index contributed by atoms with van der Waals surface area (Å²) in [6.07, 6.45) is 8.58. The molecule has 8 nitrogen and oxygen atoms in total. The zero-order valence-electron chi connectivity index (χ0n) is 17.7. The van der Waals surface area contributed by atoms with Crippen molar-refractivity contribution in [1.82, 2.24) is 29.5 Å². The van der Waals surface area contributed by atoms with Crippen molar-refractivity contribution in [3.8, 4) is 0 Å². The van der Waals surface area contributed by atoms with E-state index in [0.29, 0.717) is 17.0 Å². The number of nitrogens with zero attached hydrogens (tertiary/aromatic N) is 6. The zero-order chi connectivity index (χ0) is 22.6. The van der Waals surface area contributed by atoms with E-state index in [1.807, 2.05) is 30.3 Å². The molecule has 5 aromatic rings. The molecule has 0 bridgehead atoms. The summed E-state index contributed by atoms with van der Waals surface area (Å²) in [4.78, 5) is 18.4. The number of H-pyrrole nitrogens is 1. The maximum absolute atomic E-state index is 12.8. The Kier molecular flexibility index (Phi) is 5.77. The van der Waals surface area contributed by atoms with Crippen molar-refractivity contribution in [3.05, 3.63) is 108 Å². The van der Waals surface area contributed by atoms with E-state index in [2.05, 4.69) is 29.9 Å². The number of halogens is 1. The van der Waals surface area contributed by atoms with Crippen LogP contribution in [0.25, 0.3) is 5.52 Å². The highest BCUT2D eigenvalue weighted by Crippen LogP contribution is 2.23. The van der Waals surface area contributed by atoms with E-state index in [-0.39, 0.29) is 5.82 Å². The molecule has 1 atom stereocenters. The molecule has 0 aliphatic carbocycles. The molecule has 4 aromatic heterocycles. The molecule has 6 rings (SSSR count). The molecule has 166 valence electrons. The monoisotopic (exact) mass is 443 g/mol. The number of aromatic nitrogens is 6. The molecule has 0 spiro atoms. The molecule has 1 aliphatic rings. The van der Waals surface area contributed by atoms with Gasteiger partial charge in [0.2, 0.25) is 5.95 Å². The first kappa shape index (κ1) is 20.8. The summed E-state index contributed by atoms with van der Waals surface area (Å²) < 4.78 is 14.3. The SMILES string of the molecule is Fc1cccn2nccc12.OC(c1ccccc1)c1cnc(N2CCc3nc[nH]c3C2)nc1. The molecule has 9 heteroatoms. The van der Waals surface area contributed by atoms with Crippen molar-refractivity contribution in [3.63, 3.8) is 0 Å². The minimum atomic E-state index is -0.703. The van der Waals surface area contributed by atoms with Crippen molar-refractivity contribution >= 4 is 11.5 Å². The van der Waals surface area contributed by atoms with Gasteiger partial charge in [-0.15, -0.1) is 0 Å². The van der Waals surface area contributed by atoms with Gasteiger partial charge in [-0.3, -0.25) is 0 Å². The van der Waals surface area contributed by atoms with Crippen LogP contribution in [-0.4, -0.2) is 41.2 Å². The number of hydrogen-bond acceptors (Lipinski definition) is 6. The average molecular weight is 443 g/mol. The topological polar surface area (TPSA) is 95.2 Å². The number of rotatable bonds is 3. The number of nitrogens with one attached hydrogen (secondary N) is 1. The second-order valence-corrected chi connectivity index (χ2v) is 7.65. The second-order valence-electron chi connectivity index (χ2n) is 7.65. The fourth-order valence-electron chi connectivity index (χ4n) is 3.76. The number of benzene rings is 1. The quantitative estimate of drug-likeness (QED) is 0.444. The van der Waals surface area contributed by atoms with Crippen molar-refractivity contribution in [2.24, 2.45) is 0 Å². The van der Waals surface area contributed by atoms with E-state index < -0.39 is 6.10 Å². The molecule has 1 unspecified atom stereocenters. The Bertz CT molecular complexity index is 1330. The Morgan fingerprint density at radius 2 is 1.79 bits per heavy atom. The standard InChI is InChI=1S/C17H17N5O.C7H5FN2/c23-16(12-4-2-1-3-5-12)13-8-18-17(19-9-13)22-7-6-14-15(10-22)21-11-20-14;8-6-2-1-5-10-7(6)3-4-9-10/h1-5,8-9,11,16,23H,6-7,10H2,(H,20,21);1-5H. The van der Waals surface area contributed by atoms with E-state index >= 15 is 0 Å². The van der Waals surface area contributed by atoms with Crippen LogP contribution in [0.3, 0.4) is 0 Å². The van der Waals surface area contributed by atoms with Crippen molar-refractivity contribution < 1.29 is 9.50 Å². The number of anilines is 1. The van der Waals surface area contributed by atoms with Gasteiger partial charge in [0.1, 0.15) is 17.4 Å². The number of fused-ring (bicyclic) bond motifs is 2. The highest BCUT2D eigenvalue weighted by Gasteiger charge is 2.20. The lowest BCUT2D eigenvalue weighted by Crippen LogP contribution is -2.31. The van der Waals surface area contributed by atoms with Crippen LogP contribution in [0.4, 0.5) is 10.3 Å². The minimum absolute atomic E-state index is 0.236. The van der Waals surface area contributed by atoms with Crippen LogP contribution in [0.2, 0.25) is 0 Å². The summed E-state index contributed by atoms with van der Waals surface area (Å²) in [5, 5.41) is 14.2. The van der Waals surface area contributed by atoms with Crippen LogP contribution < -0.4 is 4.90 Å². The number of aliphatic hydroxyl groups is 1. The second kappa shape index (κ2) is 9.17. The zero-order valence-corrected chi connectivity index (χ0v) is 17.7. The van der Waals surface area contributed by atoms with Crippen LogP contribution in [-0.2, 0) is 13.0 Å². The Hall–Kier alpha value is -4.11. The predicted molar refractivity (Wildman–Crippen MR) is 121 cm³/mol. The van der Waals surface area contributed by atoms with Crippen molar-refractivity contribution in [2.45, 2.75) is 19.1 Å². The Morgan fingerprint density at radius 3 is 2.58 bits per heavy atom. The molecule has 0 saturated carbocycles. The number of pyridine rings is 1. The van der Waals surface area contributed by atoms with Crippen LogP contribution in [0.5, 0.6) is 0 Å². The van der Waals surface area contributed by atoms with Gasteiger partial charge in [0, 0.05) is 37.1 Å². The molecule has 0 amide bonds. The number of aromatic amines is 1. The lowest BCUT2D eigenvalue weighted by atomic mass is 10.0. The number of aliphatic hydroxyl groups excluding tert-OH is 1. The lowest BCUT2D eigenvalue weighted by molar-refractivity contribution is 0.219. The number of hydrogen-bond donors (Lipinski definition) is 2. The van der Waals surface area contributed by atoms with Crippen molar-refractivity contribution in [1.29, 1.82) is 0 Å². The summed E-state index contributed by atoms with van der Waals surface area (Å²) in [7, 11) is 0. The Labute approximate surface area is 189 Å². The normalized spacial score (nSPS) is 13.8. The fourth-order valence-corrected chi connectivity index (χ4v) is 3.76. The van der Waals surface area contributed by atoms with Crippen molar-refractivity contribution in [2.75, 3.05) is 11.4 Å². The molecular weight excluding hydrogens is 421 g/mol.